The molecule has 4 heteroatoms. The Morgan fingerprint density at radius 1 is 1.19 bits per heavy atom. The molecule has 2 heterocycles. The van der Waals surface area contributed by atoms with E-state index in [1.807, 2.05) is 18.2 Å². The lowest BCUT2D eigenvalue weighted by Gasteiger charge is -2.44. The van der Waals surface area contributed by atoms with Crippen molar-refractivity contribution in [2.75, 3.05) is 13.7 Å². The van der Waals surface area contributed by atoms with Gasteiger partial charge in [0.25, 0.3) is 0 Å². The first-order chi connectivity index (χ1) is 13.2. The molecule has 0 spiro atoms. The smallest absolute Gasteiger partial charge is 0.161 e. The Balaban J connectivity index is 1.55. The number of methoxy groups -OCH3 is 1. The Kier molecular flexibility index (Phi) is 3.83. The van der Waals surface area contributed by atoms with Crippen LogP contribution in [0.25, 0.3) is 0 Å². The number of ether oxygens (including phenoxy) is 2. The lowest BCUT2D eigenvalue weighted by Crippen LogP contribution is -2.48. The van der Waals surface area contributed by atoms with Crippen LogP contribution in [0.1, 0.15) is 29.5 Å². The summed E-state index contributed by atoms with van der Waals surface area (Å²) in [6.07, 6.45) is 5.60. The van der Waals surface area contributed by atoms with Gasteiger partial charge in [0.05, 0.1) is 7.11 Å². The number of fused-ring (bicyclic) bond motifs is 1. The summed E-state index contributed by atoms with van der Waals surface area (Å²) in [5, 5.41) is 0. The van der Waals surface area contributed by atoms with Gasteiger partial charge >= 0.3 is 0 Å². The summed E-state index contributed by atoms with van der Waals surface area (Å²) >= 11 is 0. The summed E-state index contributed by atoms with van der Waals surface area (Å²) in [7, 11) is 1.69. The van der Waals surface area contributed by atoms with Gasteiger partial charge in [-0.1, -0.05) is 36.4 Å². The van der Waals surface area contributed by atoms with Crippen LogP contribution in [-0.2, 0) is 23.4 Å². The van der Waals surface area contributed by atoms with Crippen LogP contribution in [0.4, 0.5) is 0 Å². The predicted molar refractivity (Wildman–Crippen MR) is 103 cm³/mol. The van der Waals surface area contributed by atoms with Gasteiger partial charge in [-0.2, -0.15) is 0 Å². The van der Waals surface area contributed by atoms with Crippen molar-refractivity contribution in [1.29, 1.82) is 0 Å². The summed E-state index contributed by atoms with van der Waals surface area (Å²) < 4.78 is 11.8. The molecule has 0 amide bonds. The first-order valence-electron chi connectivity index (χ1n) is 9.54. The van der Waals surface area contributed by atoms with Crippen molar-refractivity contribution in [3.8, 4) is 11.5 Å². The fourth-order valence-corrected chi connectivity index (χ4v) is 4.97. The van der Waals surface area contributed by atoms with Crippen molar-refractivity contribution < 1.29 is 14.3 Å². The largest absolute Gasteiger partial charge is 0.493 e. The van der Waals surface area contributed by atoms with E-state index in [1.54, 1.807) is 13.2 Å². The lowest BCUT2D eigenvalue weighted by molar-refractivity contribution is -0.116. The molecule has 5 rings (SSSR count). The first-order valence-corrected chi connectivity index (χ1v) is 9.54. The predicted octanol–water partition coefficient (Wildman–Crippen LogP) is 3.63. The monoisotopic (exact) mass is 361 g/mol. The number of hydrogen-bond acceptors (Lipinski definition) is 4. The molecule has 1 fully saturated rings. The molecule has 4 nitrogen and oxygen atoms in total. The molecular formula is C23H23NO3. The Hall–Kier alpha value is -2.59. The molecule has 0 radical (unpaired) electrons. The maximum absolute atomic E-state index is 12.0. The molecule has 2 aromatic carbocycles. The zero-order valence-electron chi connectivity index (χ0n) is 15.5. The molecule has 2 aromatic rings. The molecule has 0 N–H and O–H groups in total. The first kappa shape index (κ1) is 16.6. The molecule has 0 saturated carbocycles. The van der Waals surface area contributed by atoms with Crippen molar-refractivity contribution in [3.05, 3.63) is 71.3 Å². The van der Waals surface area contributed by atoms with E-state index in [-0.39, 0.29) is 17.2 Å². The van der Waals surface area contributed by atoms with Crippen molar-refractivity contribution >= 4 is 5.78 Å². The maximum atomic E-state index is 12.0. The highest BCUT2D eigenvalue weighted by molar-refractivity contribution is 5.92. The molecule has 1 aliphatic carbocycles. The average Bonchev–Trinajstić information content (AvgIpc) is 2.97. The molecule has 138 valence electrons. The fraction of sp³-hybridized carbons (Fsp3) is 0.348. The third-order valence-electron chi connectivity index (χ3n) is 6.31. The van der Waals surface area contributed by atoms with Gasteiger partial charge in [0.1, 0.15) is 6.61 Å². The van der Waals surface area contributed by atoms with Gasteiger partial charge < -0.3 is 9.47 Å². The van der Waals surface area contributed by atoms with Crippen molar-refractivity contribution in [2.45, 2.75) is 37.5 Å². The minimum Gasteiger partial charge on any atom is -0.493 e. The van der Waals surface area contributed by atoms with Gasteiger partial charge in [-0.05, 0) is 41.3 Å². The molecule has 2 bridgehead atoms. The lowest BCUT2D eigenvalue weighted by atomic mass is 9.67. The Labute approximate surface area is 159 Å². The summed E-state index contributed by atoms with van der Waals surface area (Å²) in [5.74, 6) is 1.79. The Bertz CT molecular complexity index is 921. The van der Waals surface area contributed by atoms with E-state index in [0.717, 1.165) is 36.6 Å². The molecule has 1 saturated heterocycles. The molecule has 3 atom stereocenters. The number of rotatable bonds is 4. The van der Waals surface area contributed by atoms with Crippen LogP contribution < -0.4 is 9.47 Å². The Morgan fingerprint density at radius 2 is 2.04 bits per heavy atom. The number of allylic oxidation sites excluding steroid dienone is 1. The minimum atomic E-state index is -0.0708. The van der Waals surface area contributed by atoms with E-state index >= 15 is 0 Å². The third kappa shape index (κ3) is 2.59. The van der Waals surface area contributed by atoms with Crippen molar-refractivity contribution in [2.24, 2.45) is 0 Å². The van der Waals surface area contributed by atoms with Gasteiger partial charge in [0.15, 0.2) is 17.3 Å². The standard InChI is InChI=1S/C23H23NO3/c1-26-20-11-17-14-24-10-9-23(8-7-18(25)12-22(23)24)19(17)13-21(20)27-15-16-5-3-2-4-6-16/h2-8,11,13,22H,9-10,12,14-15H2,1H3. The van der Waals surface area contributed by atoms with Crippen LogP contribution in [0, 0.1) is 0 Å². The van der Waals surface area contributed by atoms with Crippen LogP contribution in [0.15, 0.2) is 54.6 Å². The van der Waals surface area contributed by atoms with Gasteiger partial charge in [0, 0.05) is 31.0 Å². The summed E-state index contributed by atoms with van der Waals surface area (Å²) in [4.78, 5) is 14.5. The van der Waals surface area contributed by atoms with E-state index < -0.39 is 0 Å². The maximum Gasteiger partial charge on any atom is 0.161 e. The average molecular weight is 361 g/mol. The number of nitrogens with zero attached hydrogens (tertiary/aromatic N) is 1. The molecule has 2 aliphatic heterocycles. The second-order valence-corrected chi connectivity index (χ2v) is 7.71. The van der Waals surface area contributed by atoms with E-state index in [1.165, 1.54) is 11.1 Å². The molecule has 3 unspecified atom stereocenters. The van der Waals surface area contributed by atoms with E-state index in [2.05, 4.69) is 35.2 Å². The van der Waals surface area contributed by atoms with E-state index in [0.29, 0.717) is 13.0 Å². The van der Waals surface area contributed by atoms with Crippen LogP contribution in [0.3, 0.4) is 0 Å². The van der Waals surface area contributed by atoms with Crippen LogP contribution in [0.2, 0.25) is 0 Å². The van der Waals surface area contributed by atoms with Crippen LogP contribution >= 0.6 is 0 Å². The van der Waals surface area contributed by atoms with Crippen molar-refractivity contribution in [1.82, 2.24) is 4.90 Å². The fourth-order valence-electron chi connectivity index (χ4n) is 4.97. The summed E-state index contributed by atoms with van der Waals surface area (Å²) in [6.45, 7) is 2.41. The summed E-state index contributed by atoms with van der Waals surface area (Å²) in [5.41, 5.74) is 3.64. The molecular weight excluding hydrogens is 338 g/mol. The van der Waals surface area contributed by atoms with Crippen LogP contribution in [-0.4, -0.2) is 30.4 Å². The number of benzene rings is 2. The third-order valence-corrected chi connectivity index (χ3v) is 6.31. The zero-order chi connectivity index (χ0) is 18.4. The zero-order valence-corrected chi connectivity index (χ0v) is 15.5. The molecule has 0 aromatic heterocycles. The van der Waals surface area contributed by atoms with Crippen LogP contribution in [0.5, 0.6) is 11.5 Å². The molecule has 27 heavy (non-hydrogen) atoms. The quantitative estimate of drug-likeness (QED) is 0.834. The van der Waals surface area contributed by atoms with Gasteiger partial charge in [-0.3, -0.25) is 9.69 Å². The normalized spacial score (nSPS) is 27.8. The number of carbonyl (C=O) groups excluding carboxylic acids is 1. The SMILES string of the molecule is COc1cc2c(cc1OCc1ccccc1)C13C=CC(=O)CC1N(CC3)C2. The highest BCUT2D eigenvalue weighted by Crippen LogP contribution is 2.52. The number of hydrogen-bond donors (Lipinski definition) is 0. The van der Waals surface area contributed by atoms with Gasteiger partial charge in [-0.25, -0.2) is 0 Å². The number of ketones is 1. The van der Waals surface area contributed by atoms with Gasteiger partial charge in [0.2, 0.25) is 0 Å². The topological polar surface area (TPSA) is 38.8 Å². The second kappa shape index (κ2) is 6.24. The van der Waals surface area contributed by atoms with Crippen molar-refractivity contribution in [3.63, 3.8) is 0 Å². The summed E-state index contributed by atoms with van der Waals surface area (Å²) in [6, 6.07) is 14.7. The highest BCUT2D eigenvalue weighted by atomic mass is 16.5. The molecule has 3 aliphatic rings. The minimum absolute atomic E-state index is 0.0708. The Morgan fingerprint density at radius 3 is 2.85 bits per heavy atom. The van der Waals surface area contributed by atoms with Gasteiger partial charge in [-0.15, -0.1) is 0 Å². The number of carbonyl (C=O) groups is 1. The van der Waals surface area contributed by atoms with E-state index in [4.69, 9.17) is 9.47 Å². The second-order valence-electron chi connectivity index (χ2n) is 7.71. The highest BCUT2D eigenvalue weighted by Gasteiger charge is 2.53. The van der Waals surface area contributed by atoms with E-state index in [9.17, 15) is 4.79 Å².